The second-order valence-electron chi connectivity index (χ2n) is 8.47. The second kappa shape index (κ2) is 11.2. The number of hydrogen-bond donors (Lipinski definition) is 0. The summed E-state index contributed by atoms with van der Waals surface area (Å²) in [6.07, 6.45) is 3.34. The molecule has 0 saturated carbocycles. The lowest BCUT2D eigenvalue weighted by atomic mass is 10.1. The Balaban J connectivity index is 1.34. The van der Waals surface area contributed by atoms with E-state index in [0.29, 0.717) is 48.9 Å². The Labute approximate surface area is 209 Å². The normalized spacial score (nSPS) is 18.6. The van der Waals surface area contributed by atoms with Crippen molar-refractivity contribution in [2.45, 2.75) is 12.5 Å². The molecule has 2 aliphatic heterocycles. The van der Waals surface area contributed by atoms with Crippen LogP contribution >= 0.6 is 11.6 Å². The van der Waals surface area contributed by atoms with E-state index in [1.807, 2.05) is 6.07 Å². The van der Waals surface area contributed by atoms with Crippen LogP contribution in [0.3, 0.4) is 0 Å². The largest absolute Gasteiger partial charge is 0.473 e. The summed E-state index contributed by atoms with van der Waals surface area (Å²) in [5.74, 6) is 0.743. The van der Waals surface area contributed by atoms with Gasteiger partial charge in [-0.05, 0) is 18.2 Å². The van der Waals surface area contributed by atoms with Crippen LogP contribution in [-0.4, -0.2) is 90.3 Å². The zero-order valence-corrected chi connectivity index (χ0v) is 20.2. The van der Waals surface area contributed by atoms with Crippen LogP contribution in [0.15, 0.2) is 42.7 Å². The number of hydrogen-bond acceptors (Lipinski definition) is 8. The molecule has 0 spiro atoms. The van der Waals surface area contributed by atoms with Crippen LogP contribution in [0, 0.1) is 0 Å². The molecule has 2 saturated heterocycles. The predicted octanol–water partition coefficient (Wildman–Crippen LogP) is 2.76. The van der Waals surface area contributed by atoms with Crippen LogP contribution in [0.5, 0.6) is 5.88 Å². The average molecular weight is 498 g/mol. The summed E-state index contributed by atoms with van der Waals surface area (Å²) in [4.78, 5) is 30.0. The number of morpholine rings is 2. The summed E-state index contributed by atoms with van der Waals surface area (Å²) < 4.78 is 17.4. The molecule has 9 nitrogen and oxygen atoms in total. The minimum atomic E-state index is -0.256. The van der Waals surface area contributed by atoms with E-state index in [1.54, 1.807) is 17.3 Å². The van der Waals surface area contributed by atoms with E-state index in [2.05, 4.69) is 39.1 Å². The van der Waals surface area contributed by atoms with E-state index >= 15 is 0 Å². The third-order valence-electron chi connectivity index (χ3n) is 6.17. The first-order valence-electron chi connectivity index (χ1n) is 11.8. The molecule has 2 fully saturated rings. The number of benzene rings is 1. The highest BCUT2D eigenvalue weighted by molar-refractivity contribution is 6.18. The van der Waals surface area contributed by atoms with Crippen LogP contribution in [-0.2, 0) is 14.3 Å². The van der Waals surface area contributed by atoms with Gasteiger partial charge in [0.1, 0.15) is 12.7 Å². The zero-order valence-electron chi connectivity index (χ0n) is 19.4. The molecule has 2 aromatic heterocycles. The van der Waals surface area contributed by atoms with Gasteiger partial charge in [-0.1, -0.05) is 12.1 Å². The van der Waals surface area contributed by atoms with Gasteiger partial charge in [-0.3, -0.25) is 9.78 Å². The van der Waals surface area contributed by atoms with E-state index in [4.69, 9.17) is 30.8 Å². The number of halogens is 1. The SMILES string of the molecule is O=C(CCCl)N1CCOC(COc2nc(-c3ccc(N4CCOCC4)cc3)cc3nccnc23)C1. The number of pyridine rings is 1. The smallest absolute Gasteiger partial charge is 0.242 e. The molecule has 184 valence electrons. The number of ether oxygens (including phenoxy) is 3. The van der Waals surface area contributed by atoms with Gasteiger partial charge in [0.05, 0.1) is 37.6 Å². The van der Waals surface area contributed by atoms with E-state index < -0.39 is 0 Å². The van der Waals surface area contributed by atoms with Crippen molar-refractivity contribution >= 4 is 34.2 Å². The van der Waals surface area contributed by atoms with Crippen molar-refractivity contribution in [3.8, 4) is 17.1 Å². The minimum absolute atomic E-state index is 0.0327. The molecule has 10 heteroatoms. The molecule has 1 aromatic carbocycles. The molecule has 0 N–H and O–H groups in total. The summed E-state index contributed by atoms with van der Waals surface area (Å²) >= 11 is 5.73. The Hall–Kier alpha value is -3.01. The highest BCUT2D eigenvalue weighted by Crippen LogP contribution is 2.29. The van der Waals surface area contributed by atoms with Gasteiger partial charge in [0.15, 0.2) is 5.52 Å². The molecule has 35 heavy (non-hydrogen) atoms. The van der Waals surface area contributed by atoms with Gasteiger partial charge < -0.3 is 24.0 Å². The minimum Gasteiger partial charge on any atom is -0.473 e. The summed E-state index contributed by atoms with van der Waals surface area (Å²) in [7, 11) is 0. The predicted molar refractivity (Wildman–Crippen MR) is 133 cm³/mol. The number of fused-ring (bicyclic) bond motifs is 1. The first kappa shape index (κ1) is 23.7. The van der Waals surface area contributed by atoms with E-state index in [0.717, 1.165) is 43.2 Å². The Morgan fingerprint density at radius 1 is 1.09 bits per heavy atom. The molecule has 2 aliphatic rings. The average Bonchev–Trinajstić information content (AvgIpc) is 2.92. The lowest BCUT2D eigenvalue weighted by Crippen LogP contribution is -2.47. The molecule has 3 aromatic rings. The van der Waals surface area contributed by atoms with E-state index in [1.165, 1.54) is 0 Å². The Kier molecular flexibility index (Phi) is 7.56. The van der Waals surface area contributed by atoms with Gasteiger partial charge in [0.25, 0.3) is 0 Å². The molecule has 4 heterocycles. The molecule has 0 radical (unpaired) electrons. The number of aromatic nitrogens is 3. The van der Waals surface area contributed by atoms with Crippen LogP contribution in [0.25, 0.3) is 22.3 Å². The molecule has 5 rings (SSSR count). The molecule has 1 amide bonds. The van der Waals surface area contributed by atoms with Crippen molar-refractivity contribution in [3.63, 3.8) is 0 Å². The van der Waals surface area contributed by atoms with E-state index in [9.17, 15) is 4.79 Å². The molecule has 1 atom stereocenters. The molecule has 1 unspecified atom stereocenters. The maximum Gasteiger partial charge on any atom is 0.242 e. The van der Waals surface area contributed by atoms with Crippen LogP contribution in [0.4, 0.5) is 5.69 Å². The van der Waals surface area contributed by atoms with Crippen LogP contribution < -0.4 is 9.64 Å². The van der Waals surface area contributed by atoms with Gasteiger partial charge in [-0.15, -0.1) is 11.6 Å². The van der Waals surface area contributed by atoms with Crippen LogP contribution in [0.1, 0.15) is 6.42 Å². The number of carbonyl (C=O) groups is 1. The zero-order chi connectivity index (χ0) is 24.0. The number of amides is 1. The summed E-state index contributed by atoms with van der Waals surface area (Å²) in [5, 5.41) is 0. The highest BCUT2D eigenvalue weighted by atomic mass is 35.5. The molecule has 0 aliphatic carbocycles. The van der Waals surface area contributed by atoms with Gasteiger partial charge >= 0.3 is 0 Å². The second-order valence-corrected chi connectivity index (χ2v) is 8.84. The maximum absolute atomic E-state index is 12.2. The monoisotopic (exact) mass is 497 g/mol. The van der Waals surface area contributed by atoms with Crippen molar-refractivity contribution in [2.75, 3.05) is 63.4 Å². The number of rotatable bonds is 7. The Bertz CT molecular complexity index is 1160. The van der Waals surface area contributed by atoms with Gasteiger partial charge in [-0.25, -0.2) is 9.97 Å². The first-order valence-corrected chi connectivity index (χ1v) is 12.4. The maximum atomic E-state index is 12.2. The van der Waals surface area contributed by atoms with Crippen molar-refractivity contribution in [1.82, 2.24) is 19.9 Å². The van der Waals surface area contributed by atoms with Crippen molar-refractivity contribution in [3.05, 3.63) is 42.7 Å². The topological polar surface area (TPSA) is 89.9 Å². The fraction of sp³-hybridized carbons (Fsp3) is 0.440. The number of nitrogens with zero attached hydrogens (tertiary/aromatic N) is 5. The lowest BCUT2D eigenvalue weighted by Gasteiger charge is -2.32. The molecule has 0 bridgehead atoms. The van der Waals surface area contributed by atoms with Crippen molar-refractivity contribution in [2.24, 2.45) is 0 Å². The lowest BCUT2D eigenvalue weighted by molar-refractivity contribution is -0.139. The van der Waals surface area contributed by atoms with Gasteiger partial charge in [0.2, 0.25) is 11.8 Å². The highest BCUT2D eigenvalue weighted by Gasteiger charge is 2.25. The number of alkyl halides is 1. The van der Waals surface area contributed by atoms with E-state index in [-0.39, 0.29) is 18.6 Å². The van der Waals surface area contributed by atoms with Gasteiger partial charge in [0, 0.05) is 55.6 Å². The van der Waals surface area contributed by atoms with Crippen LogP contribution in [0.2, 0.25) is 0 Å². The fourth-order valence-corrected chi connectivity index (χ4v) is 4.48. The standard InChI is InChI=1S/C25H28ClN5O4/c26-6-5-23(32)31-11-14-34-20(16-31)17-35-25-24-22(27-7-8-28-24)15-21(29-25)18-1-3-19(4-2-18)30-9-12-33-13-10-30/h1-4,7-8,15,20H,5-6,9-14,16-17H2. The summed E-state index contributed by atoms with van der Waals surface area (Å²) in [6.45, 7) is 5.01. The van der Waals surface area contributed by atoms with Gasteiger partial charge in [-0.2, -0.15) is 0 Å². The summed E-state index contributed by atoms with van der Waals surface area (Å²) in [5.41, 5.74) is 4.17. The van der Waals surface area contributed by atoms with Crippen molar-refractivity contribution in [1.29, 1.82) is 0 Å². The summed E-state index contributed by atoms with van der Waals surface area (Å²) in [6, 6.07) is 10.2. The molecular weight excluding hydrogens is 470 g/mol. The number of anilines is 1. The molecular formula is C25H28ClN5O4. The quantitative estimate of drug-likeness (QED) is 0.460. The van der Waals surface area contributed by atoms with Crippen molar-refractivity contribution < 1.29 is 19.0 Å². The Morgan fingerprint density at radius 3 is 2.69 bits per heavy atom. The first-order chi connectivity index (χ1) is 17.2. The number of carbonyl (C=O) groups excluding carboxylic acids is 1. The third kappa shape index (κ3) is 5.63. The Morgan fingerprint density at radius 2 is 1.89 bits per heavy atom. The third-order valence-corrected chi connectivity index (χ3v) is 6.36. The fourth-order valence-electron chi connectivity index (χ4n) is 4.31.